The maximum absolute atomic E-state index is 12.0. The predicted molar refractivity (Wildman–Crippen MR) is 66.6 cm³/mol. The molecule has 17 heavy (non-hydrogen) atoms. The normalized spacial score (nSPS) is 12.2. The van der Waals surface area contributed by atoms with E-state index in [-0.39, 0.29) is 12.7 Å². The minimum absolute atomic E-state index is 0.254. The Morgan fingerprint density at radius 2 is 2.12 bits per heavy atom. The van der Waals surface area contributed by atoms with Crippen LogP contribution < -0.4 is 14.8 Å². The molecule has 1 aromatic carbocycles. The molecule has 0 aliphatic rings. The Morgan fingerprint density at radius 1 is 1.35 bits per heavy atom. The molecule has 0 saturated heterocycles. The Kier molecular flexibility index (Phi) is 5.77. The van der Waals surface area contributed by atoms with Crippen LogP contribution >= 0.6 is 0 Å². The zero-order chi connectivity index (χ0) is 12.7. The van der Waals surface area contributed by atoms with Crippen molar-refractivity contribution in [2.24, 2.45) is 0 Å². The van der Waals surface area contributed by atoms with E-state index in [1.165, 1.54) is 0 Å². The molecule has 0 fully saturated rings. The monoisotopic (exact) mass is 241 g/mol. The highest BCUT2D eigenvalue weighted by atomic mass is 19.1. The molecule has 4 heteroatoms. The number of hydrogen-bond acceptors (Lipinski definition) is 3. The summed E-state index contributed by atoms with van der Waals surface area (Å²) in [6.45, 7) is 2.07. The number of alkyl halides is 1. The topological polar surface area (TPSA) is 30.5 Å². The van der Waals surface area contributed by atoms with Gasteiger partial charge in [0.2, 0.25) is 0 Å². The van der Waals surface area contributed by atoms with Crippen molar-refractivity contribution >= 4 is 0 Å². The van der Waals surface area contributed by atoms with Gasteiger partial charge in [-0.1, -0.05) is 6.07 Å². The van der Waals surface area contributed by atoms with Crippen LogP contribution in [0.3, 0.4) is 0 Å². The fourth-order valence-electron chi connectivity index (χ4n) is 1.48. The van der Waals surface area contributed by atoms with Crippen LogP contribution in [-0.2, 0) is 0 Å². The molecule has 0 amide bonds. The van der Waals surface area contributed by atoms with Crippen molar-refractivity contribution < 1.29 is 13.9 Å². The number of methoxy groups -OCH3 is 1. The van der Waals surface area contributed by atoms with Crippen molar-refractivity contribution in [1.82, 2.24) is 5.32 Å². The van der Waals surface area contributed by atoms with Gasteiger partial charge in [0.25, 0.3) is 0 Å². The number of rotatable bonds is 7. The molecule has 0 aliphatic carbocycles. The molecule has 1 N–H and O–H groups in total. The highest BCUT2D eigenvalue weighted by Crippen LogP contribution is 2.30. The van der Waals surface area contributed by atoms with Gasteiger partial charge in [-0.3, -0.25) is 4.39 Å². The lowest BCUT2D eigenvalue weighted by atomic mass is 10.1. The van der Waals surface area contributed by atoms with Gasteiger partial charge < -0.3 is 14.8 Å². The van der Waals surface area contributed by atoms with E-state index in [1.54, 1.807) is 7.11 Å². The molecule has 96 valence electrons. The van der Waals surface area contributed by atoms with Crippen LogP contribution in [0.15, 0.2) is 18.2 Å². The molecule has 1 atom stereocenters. The quantitative estimate of drug-likeness (QED) is 0.744. The number of hydrogen-bond donors (Lipinski definition) is 1. The maximum Gasteiger partial charge on any atom is 0.161 e. The summed E-state index contributed by atoms with van der Waals surface area (Å²) in [7, 11) is 3.51. The lowest BCUT2D eigenvalue weighted by molar-refractivity contribution is 0.273. The third-order valence-corrected chi connectivity index (χ3v) is 2.66. The third kappa shape index (κ3) is 3.89. The highest BCUT2D eigenvalue weighted by Gasteiger charge is 2.09. The van der Waals surface area contributed by atoms with E-state index >= 15 is 0 Å². The second-order valence-electron chi connectivity index (χ2n) is 3.81. The fraction of sp³-hybridized carbons (Fsp3) is 0.538. The van der Waals surface area contributed by atoms with Gasteiger partial charge in [-0.2, -0.15) is 0 Å². The van der Waals surface area contributed by atoms with E-state index in [2.05, 4.69) is 12.2 Å². The summed E-state index contributed by atoms with van der Waals surface area (Å²) in [6, 6.07) is 6.03. The SMILES string of the molecule is CNC(C)c1ccc(OCCCF)c(OC)c1. The molecule has 0 saturated carbocycles. The molecule has 1 aromatic rings. The summed E-state index contributed by atoms with van der Waals surface area (Å²) in [6.07, 6.45) is 0.401. The van der Waals surface area contributed by atoms with Gasteiger partial charge in [0, 0.05) is 12.5 Å². The van der Waals surface area contributed by atoms with Crippen LogP contribution in [-0.4, -0.2) is 27.4 Å². The summed E-state index contributed by atoms with van der Waals surface area (Å²) >= 11 is 0. The summed E-state index contributed by atoms with van der Waals surface area (Å²) in [5.41, 5.74) is 1.13. The average molecular weight is 241 g/mol. The first kappa shape index (κ1) is 13.8. The van der Waals surface area contributed by atoms with Crippen LogP contribution in [0.2, 0.25) is 0 Å². The molecule has 0 bridgehead atoms. The van der Waals surface area contributed by atoms with Crippen molar-refractivity contribution in [3.8, 4) is 11.5 Å². The molecule has 3 nitrogen and oxygen atoms in total. The van der Waals surface area contributed by atoms with Crippen LogP contribution in [0, 0.1) is 0 Å². The molecule has 0 spiro atoms. The smallest absolute Gasteiger partial charge is 0.161 e. The second kappa shape index (κ2) is 7.12. The Bertz CT molecular complexity index is 344. The zero-order valence-corrected chi connectivity index (χ0v) is 10.6. The van der Waals surface area contributed by atoms with Crippen LogP contribution in [0.25, 0.3) is 0 Å². The van der Waals surface area contributed by atoms with E-state index < -0.39 is 0 Å². The summed E-state index contributed by atoms with van der Waals surface area (Å²) in [5, 5.41) is 3.16. The lowest BCUT2D eigenvalue weighted by Gasteiger charge is -2.15. The molecule has 0 aliphatic heterocycles. The average Bonchev–Trinajstić information content (AvgIpc) is 2.38. The Morgan fingerprint density at radius 3 is 2.71 bits per heavy atom. The predicted octanol–water partition coefficient (Wildman–Crippen LogP) is 2.71. The Labute approximate surface area is 102 Å². The number of halogens is 1. The van der Waals surface area contributed by atoms with E-state index in [0.29, 0.717) is 24.5 Å². The molecular formula is C13H20FNO2. The molecule has 0 aromatic heterocycles. The van der Waals surface area contributed by atoms with E-state index in [1.807, 2.05) is 25.2 Å². The van der Waals surface area contributed by atoms with Gasteiger partial charge in [0.15, 0.2) is 11.5 Å². The van der Waals surface area contributed by atoms with Gasteiger partial charge in [-0.15, -0.1) is 0 Å². The van der Waals surface area contributed by atoms with Gasteiger partial charge in [0.05, 0.1) is 20.4 Å². The first-order valence-corrected chi connectivity index (χ1v) is 5.77. The van der Waals surface area contributed by atoms with E-state index in [4.69, 9.17) is 9.47 Å². The minimum Gasteiger partial charge on any atom is -0.493 e. The third-order valence-electron chi connectivity index (χ3n) is 2.66. The lowest BCUT2D eigenvalue weighted by Crippen LogP contribution is -2.12. The molecular weight excluding hydrogens is 221 g/mol. The maximum atomic E-state index is 12.0. The zero-order valence-electron chi connectivity index (χ0n) is 10.6. The van der Waals surface area contributed by atoms with Crippen molar-refractivity contribution in [2.45, 2.75) is 19.4 Å². The number of ether oxygens (including phenoxy) is 2. The Hall–Kier alpha value is -1.29. The van der Waals surface area contributed by atoms with Crippen molar-refractivity contribution in [2.75, 3.05) is 27.4 Å². The minimum atomic E-state index is -0.364. The van der Waals surface area contributed by atoms with Crippen LogP contribution in [0.1, 0.15) is 24.9 Å². The van der Waals surface area contributed by atoms with Gasteiger partial charge >= 0.3 is 0 Å². The van der Waals surface area contributed by atoms with Crippen molar-refractivity contribution in [3.05, 3.63) is 23.8 Å². The van der Waals surface area contributed by atoms with Crippen molar-refractivity contribution in [1.29, 1.82) is 0 Å². The summed E-state index contributed by atoms with van der Waals surface area (Å²) in [5.74, 6) is 1.34. The van der Waals surface area contributed by atoms with Crippen LogP contribution in [0.4, 0.5) is 4.39 Å². The van der Waals surface area contributed by atoms with Gasteiger partial charge in [-0.25, -0.2) is 0 Å². The van der Waals surface area contributed by atoms with E-state index in [9.17, 15) is 4.39 Å². The summed E-state index contributed by atoms with van der Waals surface area (Å²) < 4.78 is 22.7. The standard InChI is InChI=1S/C13H20FNO2/c1-10(15-2)11-5-6-12(13(9-11)16-3)17-8-4-7-14/h5-6,9-10,15H,4,7-8H2,1-3H3. The molecule has 0 heterocycles. The first-order valence-electron chi connectivity index (χ1n) is 5.77. The van der Waals surface area contributed by atoms with Gasteiger partial charge in [-0.05, 0) is 31.7 Å². The Balaban J connectivity index is 2.78. The first-order chi connectivity index (χ1) is 8.22. The fourth-order valence-corrected chi connectivity index (χ4v) is 1.48. The molecule has 1 unspecified atom stereocenters. The van der Waals surface area contributed by atoms with Gasteiger partial charge in [0.1, 0.15) is 0 Å². The molecule has 1 rings (SSSR count). The number of benzene rings is 1. The number of nitrogens with one attached hydrogen (secondary N) is 1. The largest absolute Gasteiger partial charge is 0.493 e. The highest BCUT2D eigenvalue weighted by molar-refractivity contribution is 5.43. The molecule has 0 radical (unpaired) electrons. The summed E-state index contributed by atoms with van der Waals surface area (Å²) in [4.78, 5) is 0. The van der Waals surface area contributed by atoms with Crippen molar-refractivity contribution in [3.63, 3.8) is 0 Å². The van der Waals surface area contributed by atoms with E-state index in [0.717, 1.165) is 5.56 Å². The van der Waals surface area contributed by atoms with Crippen LogP contribution in [0.5, 0.6) is 11.5 Å². The second-order valence-corrected chi connectivity index (χ2v) is 3.81.